The van der Waals surface area contributed by atoms with Crippen molar-refractivity contribution in [3.63, 3.8) is 0 Å². The van der Waals surface area contributed by atoms with Gasteiger partial charge in [0.25, 0.3) is 0 Å². The quantitative estimate of drug-likeness (QED) is 0.861. The van der Waals surface area contributed by atoms with E-state index in [1.807, 2.05) is 0 Å². The van der Waals surface area contributed by atoms with Gasteiger partial charge in [-0.05, 0) is 43.0 Å². The molecule has 21 heavy (non-hydrogen) atoms. The van der Waals surface area contributed by atoms with Crippen LogP contribution >= 0.6 is 0 Å². The lowest BCUT2D eigenvalue weighted by molar-refractivity contribution is 0.0601. The number of hydrogen-bond acceptors (Lipinski definition) is 4. The molecule has 0 radical (unpaired) electrons. The second-order valence-corrected chi connectivity index (χ2v) is 6.93. The molecule has 1 heterocycles. The topological polar surface area (TPSA) is 75.7 Å². The lowest BCUT2D eigenvalue weighted by atomic mass is 10.0. The van der Waals surface area contributed by atoms with E-state index in [0.717, 1.165) is 12.8 Å². The summed E-state index contributed by atoms with van der Waals surface area (Å²) in [7, 11) is -2.23. The molecule has 1 fully saturated rings. The summed E-state index contributed by atoms with van der Waals surface area (Å²) in [5.41, 5.74) is 0.813. The Balaban J connectivity index is 2.05. The zero-order valence-electron chi connectivity index (χ0n) is 12.2. The summed E-state index contributed by atoms with van der Waals surface area (Å²) in [5.74, 6) is 0.116. The summed E-state index contributed by atoms with van der Waals surface area (Å²) in [6.07, 6.45) is 1.75. The Morgan fingerprint density at radius 1 is 1.24 bits per heavy atom. The summed E-state index contributed by atoms with van der Waals surface area (Å²) in [5, 5.41) is 0. The molecule has 2 rings (SSSR count). The molecule has 1 aliphatic rings. The smallest absolute Gasteiger partial charge is 0.337 e. The van der Waals surface area contributed by atoms with E-state index in [4.69, 9.17) is 0 Å². The second-order valence-electron chi connectivity index (χ2n) is 5.26. The lowest BCUT2D eigenvalue weighted by Crippen LogP contribution is -2.41. The van der Waals surface area contributed by atoms with Crippen LogP contribution in [0, 0.1) is 5.92 Å². The van der Waals surface area contributed by atoms with Gasteiger partial charge >= 0.3 is 16.2 Å². The largest absolute Gasteiger partial charge is 0.465 e. The van der Waals surface area contributed by atoms with Gasteiger partial charge in [-0.1, -0.05) is 6.92 Å². The van der Waals surface area contributed by atoms with Crippen molar-refractivity contribution in [2.24, 2.45) is 5.92 Å². The molecule has 0 spiro atoms. The van der Waals surface area contributed by atoms with Gasteiger partial charge < -0.3 is 4.74 Å². The molecule has 0 amide bonds. The monoisotopic (exact) mass is 312 g/mol. The average Bonchev–Trinajstić information content (AvgIpc) is 2.47. The lowest BCUT2D eigenvalue weighted by Gasteiger charge is -2.29. The molecule has 0 atom stereocenters. The van der Waals surface area contributed by atoms with Crippen LogP contribution in [0.2, 0.25) is 0 Å². The number of methoxy groups -OCH3 is 1. The van der Waals surface area contributed by atoms with Crippen LogP contribution in [0.3, 0.4) is 0 Å². The van der Waals surface area contributed by atoms with Crippen molar-refractivity contribution < 1.29 is 17.9 Å². The summed E-state index contributed by atoms with van der Waals surface area (Å²) in [4.78, 5) is 11.3. The molecule has 1 aromatic rings. The minimum atomic E-state index is -3.53. The van der Waals surface area contributed by atoms with Crippen LogP contribution in [-0.2, 0) is 14.9 Å². The SMILES string of the molecule is COC(=O)c1ccc(NS(=O)(=O)N2CCC(C)CC2)cc1. The van der Waals surface area contributed by atoms with Gasteiger partial charge in [0, 0.05) is 18.8 Å². The van der Waals surface area contributed by atoms with E-state index in [-0.39, 0.29) is 0 Å². The fourth-order valence-electron chi connectivity index (χ4n) is 2.23. The predicted molar refractivity (Wildman–Crippen MR) is 80.3 cm³/mol. The molecule has 6 nitrogen and oxygen atoms in total. The van der Waals surface area contributed by atoms with Crippen LogP contribution in [-0.4, -0.2) is 38.9 Å². The molecule has 1 aliphatic heterocycles. The van der Waals surface area contributed by atoms with Gasteiger partial charge in [0.2, 0.25) is 0 Å². The number of carbonyl (C=O) groups excluding carboxylic acids is 1. The third-order valence-corrected chi connectivity index (χ3v) is 5.17. The number of benzene rings is 1. The average molecular weight is 312 g/mol. The Morgan fingerprint density at radius 3 is 2.33 bits per heavy atom. The minimum absolute atomic E-state index is 0.382. The number of carbonyl (C=O) groups is 1. The van der Waals surface area contributed by atoms with Crippen molar-refractivity contribution in [2.75, 3.05) is 24.9 Å². The fraction of sp³-hybridized carbons (Fsp3) is 0.500. The van der Waals surface area contributed by atoms with Crippen LogP contribution in [0.5, 0.6) is 0 Å². The van der Waals surface area contributed by atoms with Crippen LogP contribution in [0.1, 0.15) is 30.1 Å². The summed E-state index contributed by atoms with van der Waals surface area (Å²) in [6, 6.07) is 6.16. The van der Waals surface area contributed by atoms with E-state index < -0.39 is 16.2 Å². The summed E-state index contributed by atoms with van der Waals surface area (Å²) >= 11 is 0. The molecule has 0 bridgehead atoms. The molecule has 1 saturated heterocycles. The van der Waals surface area contributed by atoms with E-state index in [9.17, 15) is 13.2 Å². The highest BCUT2D eigenvalue weighted by Crippen LogP contribution is 2.20. The van der Waals surface area contributed by atoms with Gasteiger partial charge in [0.05, 0.1) is 12.7 Å². The number of nitrogens with one attached hydrogen (secondary N) is 1. The molecule has 1 aromatic carbocycles. The maximum Gasteiger partial charge on any atom is 0.337 e. The molecule has 0 aromatic heterocycles. The van der Waals surface area contributed by atoms with E-state index in [1.165, 1.54) is 23.5 Å². The van der Waals surface area contributed by atoms with Crippen molar-refractivity contribution in [3.05, 3.63) is 29.8 Å². The van der Waals surface area contributed by atoms with E-state index in [2.05, 4.69) is 16.4 Å². The Kier molecular flexibility index (Phi) is 4.84. The van der Waals surface area contributed by atoms with Crippen molar-refractivity contribution in [2.45, 2.75) is 19.8 Å². The highest BCUT2D eigenvalue weighted by molar-refractivity contribution is 7.90. The Bertz CT molecular complexity index is 590. The zero-order valence-corrected chi connectivity index (χ0v) is 13.0. The van der Waals surface area contributed by atoms with E-state index in [1.54, 1.807) is 12.1 Å². The number of anilines is 1. The molecule has 1 N–H and O–H groups in total. The van der Waals surface area contributed by atoms with E-state index >= 15 is 0 Å². The van der Waals surface area contributed by atoms with Gasteiger partial charge in [0.1, 0.15) is 0 Å². The van der Waals surface area contributed by atoms with Crippen LogP contribution < -0.4 is 4.72 Å². The minimum Gasteiger partial charge on any atom is -0.465 e. The van der Waals surface area contributed by atoms with Crippen LogP contribution in [0.4, 0.5) is 5.69 Å². The highest BCUT2D eigenvalue weighted by atomic mass is 32.2. The molecule has 0 unspecified atom stereocenters. The number of esters is 1. The molecule has 7 heteroatoms. The number of hydrogen-bond donors (Lipinski definition) is 1. The molecule has 0 aliphatic carbocycles. The van der Waals surface area contributed by atoms with Gasteiger partial charge in [-0.15, -0.1) is 0 Å². The Morgan fingerprint density at radius 2 is 1.81 bits per heavy atom. The van der Waals surface area contributed by atoms with Crippen molar-refractivity contribution in [1.82, 2.24) is 4.31 Å². The second kappa shape index (κ2) is 6.44. The normalized spacial score (nSPS) is 17.4. The Labute approximate surface area is 125 Å². The third kappa shape index (κ3) is 3.95. The summed E-state index contributed by atoms with van der Waals surface area (Å²) in [6.45, 7) is 3.20. The zero-order chi connectivity index (χ0) is 15.5. The van der Waals surface area contributed by atoms with Gasteiger partial charge in [-0.2, -0.15) is 12.7 Å². The van der Waals surface area contributed by atoms with Crippen LogP contribution in [0.25, 0.3) is 0 Å². The number of nitrogens with zero attached hydrogens (tertiary/aromatic N) is 1. The highest BCUT2D eigenvalue weighted by Gasteiger charge is 2.26. The van der Waals surface area contributed by atoms with E-state index in [0.29, 0.717) is 30.3 Å². The van der Waals surface area contributed by atoms with Gasteiger partial charge in [0.15, 0.2) is 0 Å². The Hall–Kier alpha value is -1.60. The van der Waals surface area contributed by atoms with Crippen molar-refractivity contribution >= 4 is 21.9 Å². The molecule has 0 saturated carbocycles. The van der Waals surface area contributed by atoms with Crippen LogP contribution in [0.15, 0.2) is 24.3 Å². The first-order valence-electron chi connectivity index (χ1n) is 6.88. The van der Waals surface area contributed by atoms with Crippen molar-refractivity contribution in [3.8, 4) is 0 Å². The van der Waals surface area contributed by atoms with Gasteiger partial charge in [-0.3, -0.25) is 4.72 Å². The summed E-state index contributed by atoms with van der Waals surface area (Å²) < 4.78 is 33.1. The number of rotatable bonds is 4. The molecular formula is C14H20N2O4S. The number of ether oxygens (including phenoxy) is 1. The van der Waals surface area contributed by atoms with Gasteiger partial charge in [-0.25, -0.2) is 4.79 Å². The maximum atomic E-state index is 12.3. The first-order valence-corrected chi connectivity index (χ1v) is 8.32. The standard InChI is InChI=1S/C14H20N2O4S/c1-11-7-9-16(10-8-11)21(18,19)15-13-5-3-12(4-6-13)14(17)20-2/h3-6,11,15H,7-10H2,1-2H3. The maximum absolute atomic E-state index is 12.3. The molecule has 116 valence electrons. The first-order chi connectivity index (χ1) is 9.92. The molecular weight excluding hydrogens is 292 g/mol. The fourth-order valence-corrected chi connectivity index (χ4v) is 3.49. The third-order valence-electron chi connectivity index (χ3n) is 3.64. The van der Waals surface area contributed by atoms with Crippen molar-refractivity contribution in [1.29, 1.82) is 0 Å². The number of piperidine rings is 1. The predicted octanol–water partition coefficient (Wildman–Crippen LogP) is 1.86. The first kappa shape index (κ1) is 15.8.